The maximum Gasteiger partial charge on any atom is 0.573 e. The van der Waals surface area contributed by atoms with Crippen molar-refractivity contribution in [3.8, 4) is 11.5 Å². The molecule has 0 fully saturated rings. The van der Waals surface area contributed by atoms with E-state index in [2.05, 4.69) is 10.1 Å². The normalized spacial score (nSPS) is 14.3. The molecule has 0 aliphatic carbocycles. The van der Waals surface area contributed by atoms with Crippen molar-refractivity contribution in [3.05, 3.63) is 59.2 Å². The summed E-state index contributed by atoms with van der Waals surface area (Å²) in [5.41, 5.74) is 1.77. The van der Waals surface area contributed by atoms with E-state index in [0.29, 0.717) is 17.7 Å². The smallest absolute Gasteiger partial charge is 0.493 e. The van der Waals surface area contributed by atoms with E-state index in [9.17, 15) is 23.1 Å². The molecule has 8 heteroatoms. The van der Waals surface area contributed by atoms with Crippen molar-refractivity contribution in [3.63, 3.8) is 0 Å². The Labute approximate surface area is 147 Å². The van der Waals surface area contributed by atoms with Gasteiger partial charge in [-0.15, -0.1) is 13.2 Å². The van der Waals surface area contributed by atoms with Crippen LogP contribution in [-0.4, -0.2) is 30.5 Å². The first kappa shape index (κ1) is 18.1. The van der Waals surface area contributed by atoms with Crippen molar-refractivity contribution in [1.82, 2.24) is 5.32 Å². The molecule has 3 rings (SSSR count). The summed E-state index contributed by atoms with van der Waals surface area (Å²) in [5.74, 6) is 0.0383. The number of hydrogen-bond donors (Lipinski definition) is 2. The molecule has 0 spiro atoms. The van der Waals surface area contributed by atoms with Crippen LogP contribution in [0.5, 0.6) is 11.5 Å². The molecular weight excluding hydrogens is 351 g/mol. The van der Waals surface area contributed by atoms with Crippen molar-refractivity contribution in [2.24, 2.45) is 0 Å². The zero-order valence-electron chi connectivity index (χ0n) is 13.5. The molecule has 2 aromatic carbocycles. The second-order valence-electron chi connectivity index (χ2n) is 5.76. The highest BCUT2D eigenvalue weighted by Crippen LogP contribution is 2.26. The first-order valence-corrected chi connectivity index (χ1v) is 7.89. The van der Waals surface area contributed by atoms with Crippen LogP contribution in [0.15, 0.2) is 42.5 Å². The number of carbonyl (C=O) groups is 1. The van der Waals surface area contributed by atoms with Gasteiger partial charge in [0.15, 0.2) is 0 Å². The van der Waals surface area contributed by atoms with Crippen LogP contribution in [0.1, 0.15) is 27.6 Å². The van der Waals surface area contributed by atoms with Crippen molar-refractivity contribution in [1.29, 1.82) is 0 Å². The van der Waals surface area contributed by atoms with Gasteiger partial charge in [-0.1, -0.05) is 12.1 Å². The molecule has 1 unspecified atom stereocenters. The number of halogens is 3. The third kappa shape index (κ3) is 4.45. The molecule has 1 amide bonds. The average Bonchev–Trinajstić information content (AvgIpc) is 3.06. The summed E-state index contributed by atoms with van der Waals surface area (Å²) in [7, 11) is 0. The SMILES string of the molecule is O=C(NCC(O)c1ccc(OC(F)(F)F)cc1)c1ccc2c(c1)CCO2. The van der Waals surface area contributed by atoms with E-state index in [1.807, 2.05) is 0 Å². The number of nitrogens with one attached hydrogen (secondary N) is 1. The van der Waals surface area contributed by atoms with Gasteiger partial charge in [-0.25, -0.2) is 0 Å². The summed E-state index contributed by atoms with van der Waals surface area (Å²) in [6, 6.07) is 9.94. The van der Waals surface area contributed by atoms with E-state index in [1.165, 1.54) is 12.1 Å². The number of carbonyl (C=O) groups excluding carboxylic acids is 1. The second kappa shape index (κ2) is 7.25. The standard InChI is InChI=1S/C18H16F3NO4/c19-18(20,21)26-14-4-1-11(2-5-14)15(23)10-22-17(24)13-3-6-16-12(9-13)7-8-25-16/h1-6,9,15,23H,7-8,10H2,(H,22,24). The van der Waals surface area contributed by atoms with E-state index in [0.717, 1.165) is 29.9 Å². The molecular formula is C18H16F3NO4. The first-order valence-electron chi connectivity index (χ1n) is 7.89. The third-order valence-corrected chi connectivity index (χ3v) is 3.91. The maximum atomic E-state index is 12.2. The number of aliphatic hydroxyl groups excluding tert-OH is 1. The van der Waals surface area contributed by atoms with Gasteiger partial charge < -0.3 is 19.9 Å². The average molecular weight is 367 g/mol. The fourth-order valence-corrected chi connectivity index (χ4v) is 2.63. The van der Waals surface area contributed by atoms with Gasteiger partial charge in [0.1, 0.15) is 11.5 Å². The summed E-state index contributed by atoms with van der Waals surface area (Å²) in [4.78, 5) is 12.2. The van der Waals surface area contributed by atoms with Gasteiger partial charge in [-0.3, -0.25) is 4.79 Å². The minimum absolute atomic E-state index is 0.0775. The molecule has 5 nitrogen and oxygen atoms in total. The van der Waals surface area contributed by atoms with Gasteiger partial charge in [-0.2, -0.15) is 0 Å². The lowest BCUT2D eigenvalue weighted by molar-refractivity contribution is -0.274. The largest absolute Gasteiger partial charge is 0.573 e. The summed E-state index contributed by atoms with van der Waals surface area (Å²) in [6.45, 7) is 0.513. The first-order chi connectivity index (χ1) is 12.3. The number of fused-ring (bicyclic) bond motifs is 1. The van der Waals surface area contributed by atoms with Gasteiger partial charge in [0, 0.05) is 18.5 Å². The molecule has 1 aliphatic rings. The molecule has 1 aliphatic heterocycles. The molecule has 2 aromatic rings. The van der Waals surface area contributed by atoms with Crippen LogP contribution < -0.4 is 14.8 Å². The Kier molecular flexibility index (Phi) is 5.03. The van der Waals surface area contributed by atoms with Gasteiger partial charge in [-0.05, 0) is 41.5 Å². The number of aliphatic hydroxyl groups is 1. The van der Waals surface area contributed by atoms with Crippen LogP contribution in [0.25, 0.3) is 0 Å². The maximum absolute atomic E-state index is 12.2. The Morgan fingerprint density at radius 2 is 1.96 bits per heavy atom. The van der Waals surface area contributed by atoms with Crippen molar-refractivity contribution in [2.75, 3.05) is 13.2 Å². The van der Waals surface area contributed by atoms with E-state index in [1.54, 1.807) is 18.2 Å². The zero-order chi connectivity index (χ0) is 18.7. The summed E-state index contributed by atoms with van der Waals surface area (Å²) in [5, 5.41) is 12.7. The molecule has 0 saturated carbocycles. The van der Waals surface area contributed by atoms with Crippen LogP contribution in [0, 0.1) is 0 Å². The van der Waals surface area contributed by atoms with Crippen LogP contribution in [-0.2, 0) is 6.42 Å². The minimum atomic E-state index is -4.77. The van der Waals surface area contributed by atoms with Crippen LogP contribution in [0.3, 0.4) is 0 Å². The van der Waals surface area contributed by atoms with Gasteiger partial charge >= 0.3 is 6.36 Å². The number of amides is 1. The predicted octanol–water partition coefficient (Wildman–Crippen LogP) is 2.98. The number of benzene rings is 2. The molecule has 1 atom stereocenters. The highest BCUT2D eigenvalue weighted by Gasteiger charge is 2.31. The summed E-state index contributed by atoms with van der Waals surface area (Å²) >= 11 is 0. The van der Waals surface area contributed by atoms with E-state index in [-0.39, 0.29) is 18.2 Å². The number of rotatable bonds is 5. The quantitative estimate of drug-likeness (QED) is 0.853. The van der Waals surface area contributed by atoms with Crippen molar-refractivity contribution in [2.45, 2.75) is 18.9 Å². The predicted molar refractivity (Wildman–Crippen MR) is 86.1 cm³/mol. The lowest BCUT2D eigenvalue weighted by atomic mass is 10.1. The highest BCUT2D eigenvalue weighted by molar-refractivity contribution is 5.94. The second-order valence-corrected chi connectivity index (χ2v) is 5.76. The fraction of sp³-hybridized carbons (Fsp3) is 0.278. The Balaban J connectivity index is 1.56. The lowest BCUT2D eigenvalue weighted by Crippen LogP contribution is -2.28. The van der Waals surface area contributed by atoms with Gasteiger partial charge in [0.25, 0.3) is 5.91 Å². The number of ether oxygens (including phenoxy) is 2. The van der Waals surface area contributed by atoms with E-state index in [4.69, 9.17) is 4.74 Å². The van der Waals surface area contributed by atoms with Crippen molar-refractivity contribution >= 4 is 5.91 Å². The molecule has 0 aromatic heterocycles. The monoisotopic (exact) mass is 367 g/mol. The molecule has 2 N–H and O–H groups in total. The minimum Gasteiger partial charge on any atom is -0.493 e. The Bertz CT molecular complexity index is 790. The fourth-order valence-electron chi connectivity index (χ4n) is 2.63. The molecule has 138 valence electrons. The Morgan fingerprint density at radius 3 is 2.65 bits per heavy atom. The molecule has 1 heterocycles. The zero-order valence-corrected chi connectivity index (χ0v) is 13.5. The Hall–Kier alpha value is -2.74. The summed E-state index contributed by atoms with van der Waals surface area (Å²) in [6.07, 6.45) is -5.09. The van der Waals surface area contributed by atoms with Gasteiger partial charge in [0.05, 0.1) is 12.7 Å². The summed E-state index contributed by atoms with van der Waals surface area (Å²) < 4.78 is 45.5. The topological polar surface area (TPSA) is 67.8 Å². The Morgan fingerprint density at radius 1 is 1.23 bits per heavy atom. The number of alkyl halides is 3. The van der Waals surface area contributed by atoms with Crippen molar-refractivity contribution < 1.29 is 32.5 Å². The molecule has 0 bridgehead atoms. The molecule has 26 heavy (non-hydrogen) atoms. The third-order valence-electron chi connectivity index (χ3n) is 3.91. The number of hydrogen-bond acceptors (Lipinski definition) is 4. The van der Waals surface area contributed by atoms with E-state index >= 15 is 0 Å². The van der Waals surface area contributed by atoms with Gasteiger partial charge in [0.2, 0.25) is 0 Å². The van der Waals surface area contributed by atoms with Crippen LogP contribution in [0.4, 0.5) is 13.2 Å². The highest BCUT2D eigenvalue weighted by atomic mass is 19.4. The van der Waals surface area contributed by atoms with Crippen LogP contribution in [0.2, 0.25) is 0 Å². The molecule has 0 radical (unpaired) electrons. The lowest BCUT2D eigenvalue weighted by Gasteiger charge is -2.14. The van der Waals surface area contributed by atoms with Crippen LogP contribution >= 0.6 is 0 Å². The molecule has 0 saturated heterocycles. The van der Waals surface area contributed by atoms with E-state index < -0.39 is 12.5 Å².